The van der Waals surface area contributed by atoms with Crippen LogP contribution < -0.4 is 0 Å². The van der Waals surface area contributed by atoms with Gasteiger partial charge >= 0.3 is 0 Å². The van der Waals surface area contributed by atoms with Gasteiger partial charge in [0.25, 0.3) is 0 Å². The first kappa shape index (κ1) is 32.0. The number of aromatic nitrogens is 3. The first-order valence-corrected chi connectivity index (χ1v) is 18.1. The molecular formula is C50H30N4O. The largest absolute Gasteiger partial charge is 0.456 e. The lowest BCUT2D eigenvalue weighted by molar-refractivity contribution is 0.669. The molecule has 2 aromatic heterocycles. The Morgan fingerprint density at radius 2 is 0.964 bits per heavy atom. The van der Waals surface area contributed by atoms with Gasteiger partial charge in [0.1, 0.15) is 11.2 Å². The lowest BCUT2D eigenvalue weighted by Crippen LogP contribution is -2.00. The summed E-state index contributed by atoms with van der Waals surface area (Å²) in [7, 11) is 0. The zero-order valence-electron chi connectivity index (χ0n) is 29.5. The third-order valence-electron chi connectivity index (χ3n) is 10.1. The molecule has 0 unspecified atom stereocenters. The Bertz CT molecular complexity index is 3100. The van der Waals surface area contributed by atoms with Crippen molar-refractivity contribution in [2.45, 2.75) is 0 Å². The summed E-state index contributed by atoms with van der Waals surface area (Å²) >= 11 is 0. The average Bonchev–Trinajstić information content (AvgIpc) is 3.65. The van der Waals surface area contributed by atoms with E-state index >= 15 is 0 Å². The fourth-order valence-corrected chi connectivity index (χ4v) is 7.37. The minimum absolute atomic E-state index is 0.549. The Morgan fingerprint density at radius 1 is 0.382 bits per heavy atom. The van der Waals surface area contributed by atoms with Crippen molar-refractivity contribution in [1.29, 1.82) is 5.26 Å². The normalized spacial score (nSPS) is 11.3. The Morgan fingerprint density at radius 3 is 1.76 bits per heavy atom. The van der Waals surface area contributed by atoms with E-state index in [2.05, 4.69) is 97.1 Å². The number of furan rings is 1. The van der Waals surface area contributed by atoms with Gasteiger partial charge in [0.2, 0.25) is 0 Å². The number of hydrogen-bond acceptors (Lipinski definition) is 5. The zero-order chi connectivity index (χ0) is 36.7. The molecule has 0 aliphatic rings. The Kier molecular flexibility index (Phi) is 7.79. The van der Waals surface area contributed by atoms with E-state index in [1.54, 1.807) is 0 Å². The summed E-state index contributed by atoms with van der Waals surface area (Å²) in [5.41, 5.74) is 11.2. The summed E-state index contributed by atoms with van der Waals surface area (Å²) in [6.07, 6.45) is 0. The van der Waals surface area contributed by atoms with E-state index in [0.717, 1.165) is 72.0 Å². The third-order valence-corrected chi connectivity index (χ3v) is 10.1. The van der Waals surface area contributed by atoms with Gasteiger partial charge in [-0.1, -0.05) is 140 Å². The molecule has 10 rings (SSSR count). The molecule has 0 fully saturated rings. The van der Waals surface area contributed by atoms with Crippen molar-refractivity contribution in [3.05, 3.63) is 188 Å². The third kappa shape index (κ3) is 5.98. The molecule has 0 amide bonds. The highest BCUT2D eigenvalue weighted by atomic mass is 16.3. The molecule has 55 heavy (non-hydrogen) atoms. The predicted octanol–water partition coefficient (Wildman–Crippen LogP) is 12.8. The maximum absolute atomic E-state index is 9.43. The van der Waals surface area contributed by atoms with Crippen molar-refractivity contribution in [3.63, 3.8) is 0 Å². The zero-order valence-corrected chi connectivity index (χ0v) is 29.5. The fourth-order valence-electron chi connectivity index (χ4n) is 7.37. The maximum atomic E-state index is 9.43. The number of fused-ring (bicyclic) bond motifs is 4. The molecule has 256 valence electrons. The number of nitrogens with zero attached hydrogens (tertiary/aromatic N) is 4. The number of benzene rings is 8. The number of nitriles is 1. The van der Waals surface area contributed by atoms with Crippen molar-refractivity contribution in [2.75, 3.05) is 0 Å². The van der Waals surface area contributed by atoms with Crippen LogP contribution in [0.4, 0.5) is 0 Å². The van der Waals surface area contributed by atoms with Crippen molar-refractivity contribution >= 4 is 32.7 Å². The smallest absolute Gasteiger partial charge is 0.164 e. The van der Waals surface area contributed by atoms with Crippen LogP contribution in [-0.4, -0.2) is 15.0 Å². The summed E-state index contributed by atoms with van der Waals surface area (Å²) in [4.78, 5) is 15.2. The summed E-state index contributed by atoms with van der Waals surface area (Å²) in [6, 6.07) is 64.1. The van der Waals surface area contributed by atoms with E-state index in [9.17, 15) is 5.26 Å². The summed E-state index contributed by atoms with van der Waals surface area (Å²) in [6.45, 7) is 0. The van der Waals surface area contributed by atoms with E-state index in [1.165, 1.54) is 10.8 Å². The van der Waals surface area contributed by atoms with Gasteiger partial charge in [0.05, 0.1) is 11.6 Å². The van der Waals surface area contributed by atoms with Crippen LogP contribution in [-0.2, 0) is 0 Å². The molecule has 0 radical (unpaired) electrons. The molecule has 0 N–H and O–H groups in total. The van der Waals surface area contributed by atoms with Gasteiger partial charge in [0.15, 0.2) is 17.5 Å². The van der Waals surface area contributed by atoms with Crippen LogP contribution in [0.25, 0.3) is 100 Å². The van der Waals surface area contributed by atoms with Crippen molar-refractivity contribution in [2.24, 2.45) is 0 Å². The van der Waals surface area contributed by atoms with E-state index in [4.69, 9.17) is 19.4 Å². The SMILES string of the molecule is N#Cc1cccc(-c2ccc(-c3nc(-c4cccc(-c5ccccc5)c4)nc(-c4ccc5c(c4)oc4cccc(-c6ccc7ccccc7c6)c45)n3)cc2)c1. The highest BCUT2D eigenvalue weighted by molar-refractivity contribution is 6.13. The molecule has 0 saturated carbocycles. The quantitative estimate of drug-likeness (QED) is 0.172. The molecule has 0 saturated heterocycles. The number of hydrogen-bond donors (Lipinski definition) is 0. The van der Waals surface area contributed by atoms with Crippen LogP contribution >= 0.6 is 0 Å². The lowest BCUT2D eigenvalue weighted by Gasteiger charge is -2.10. The van der Waals surface area contributed by atoms with Gasteiger partial charge in [-0.15, -0.1) is 0 Å². The van der Waals surface area contributed by atoms with Gasteiger partial charge < -0.3 is 4.42 Å². The molecule has 2 heterocycles. The topological polar surface area (TPSA) is 75.6 Å². The molecule has 10 aromatic rings. The first-order valence-electron chi connectivity index (χ1n) is 18.1. The second kappa shape index (κ2) is 13.4. The van der Waals surface area contributed by atoms with Gasteiger partial charge in [-0.25, -0.2) is 15.0 Å². The van der Waals surface area contributed by atoms with Crippen molar-refractivity contribution < 1.29 is 4.42 Å². The molecule has 0 aliphatic heterocycles. The summed E-state index contributed by atoms with van der Waals surface area (Å²) < 4.78 is 6.54. The number of rotatable bonds is 6. The fraction of sp³-hybridized carbons (Fsp3) is 0. The van der Waals surface area contributed by atoms with E-state index in [-0.39, 0.29) is 0 Å². The second-order valence-corrected chi connectivity index (χ2v) is 13.6. The van der Waals surface area contributed by atoms with Gasteiger partial charge in [0, 0.05) is 27.5 Å². The second-order valence-electron chi connectivity index (χ2n) is 13.6. The molecule has 0 bridgehead atoms. The minimum atomic E-state index is 0.549. The average molecular weight is 703 g/mol. The Labute approximate surface area is 317 Å². The summed E-state index contributed by atoms with van der Waals surface area (Å²) in [5.74, 6) is 1.69. The first-order chi connectivity index (χ1) is 27.2. The van der Waals surface area contributed by atoms with Crippen molar-refractivity contribution in [1.82, 2.24) is 15.0 Å². The standard InChI is InChI=1S/C50H30N4O/c51-31-32-9-6-14-37(27-32)35-19-22-36(23-20-35)48-52-49(41-16-7-15-39(29-41)33-10-2-1-3-11-33)54-50(53-48)42-25-26-44-46(30-42)55-45-18-8-17-43(47(44)45)40-24-21-34-12-4-5-13-38(34)28-40/h1-30H. The predicted molar refractivity (Wildman–Crippen MR) is 222 cm³/mol. The van der Waals surface area contributed by atoms with E-state index in [0.29, 0.717) is 23.0 Å². The van der Waals surface area contributed by atoms with Crippen LogP contribution in [0.5, 0.6) is 0 Å². The van der Waals surface area contributed by atoms with Crippen LogP contribution in [0, 0.1) is 11.3 Å². The van der Waals surface area contributed by atoms with Crippen LogP contribution in [0.1, 0.15) is 5.56 Å². The minimum Gasteiger partial charge on any atom is -0.456 e. The van der Waals surface area contributed by atoms with E-state index in [1.807, 2.05) is 91.0 Å². The lowest BCUT2D eigenvalue weighted by atomic mass is 9.97. The molecule has 0 aliphatic carbocycles. The molecule has 0 spiro atoms. The highest BCUT2D eigenvalue weighted by Crippen LogP contribution is 2.39. The Balaban J connectivity index is 1.10. The molecule has 0 atom stereocenters. The van der Waals surface area contributed by atoms with Gasteiger partial charge in [-0.3, -0.25) is 0 Å². The molecule has 5 nitrogen and oxygen atoms in total. The molecule has 5 heteroatoms. The highest BCUT2D eigenvalue weighted by Gasteiger charge is 2.17. The van der Waals surface area contributed by atoms with Crippen molar-refractivity contribution in [3.8, 4) is 73.6 Å². The van der Waals surface area contributed by atoms with Crippen LogP contribution in [0.2, 0.25) is 0 Å². The molecular weight excluding hydrogens is 673 g/mol. The Hall–Kier alpha value is -7.68. The molecule has 8 aromatic carbocycles. The summed E-state index contributed by atoms with van der Waals surface area (Å²) in [5, 5.41) is 14.0. The van der Waals surface area contributed by atoms with Gasteiger partial charge in [-0.2, -0.15) is 5.26 Å². The van der Waals surface area contributed by atoms with Gasteiger partial charge in [-0.05, 0) is 86.6 Å². The monoisotopic (exact) mass is 702 g/mol. The van der Waals surface area contributed by atoms with Crippen LogP contribution in [0.15, 0.2) is 186 Å². The maximum Gasteiger partial charge on any atom is 0.164 e. The van der Waals surface area contributed by atoms with E-state index < -0.39 is 0 Å². The van der Waals surface area contributed by atoms with Crippen LogP contribution in [0.3, 0.4) is 0 Å².